The number of rotatable bonds is 1. The Hall–Kier alpha value is -0.260. The van der Waals surface area contributed by atoms with E-state index in [0.717, 1.165) is 17.8 Å². The summed E-state index contributed by atoms with van der Waals surface area (Å²) in [5.74, 6) is 2.68. The first-order valence-corrected chi connectivity index (χ1v) is 4.75. The molecule has 2 fully saturated rings. The average molecular weight is 150 g/mol. The van der Waals surface area contributed by atoms with Crippen LogP contribution in [0.5, 0.6) is 0 Å². The molecule has 2 aliphatic carbocycles. The van der Waals surface area contributed by atoms with Gasteiger partial charge in [0.2, 0.25) is 0 Å². The Morgan fingerprint density at radius 1 is 1.55 bits per heavy atom. The van der Waals surface area contributed by atoms with E-state index in [4.69, 9.17) is 0 Å². The summed E-state index contributed by atoms with van der Waals surface area (Å²) in [6.07, 6.45) is 2.79. The van der Waals surface area contributed by atoms with Crippen molar-refractivity contribution in [2.75, 3.05) is 0 Å². The van der Waals surface area contributed by atoms with E-state index in [9.17, 15) is 0 Å². The molecule has 2 saturated carbocycles. The molecular weight excluding hydrogens is 132 g/mol. The fourth-order valence-electron chi connectivity index (χ4n) is 2.96. The number of hydrogen-bond donors (Lipinski definition) is 0. The van der Waals surface area contributed by atoms with Gasteiger partial charge >= 0.3 is 0 Å². The third kappa shape index (κ3) is 0.758. The lowest BCUT2D eigenvalue weighted by Crippen LogP contribution is -2.07. The molecule has 0 aromatic carbocycles. The molecule has 11 heavy (non-hydrogen) atoms. The van der Waals surface area contributed by atoms with Crippen molar-refractivity contribution in [1.82, 2.24) is 0 Å². The minimum atomic E-state index is 0.705. The van der Waals surface area contributed by atoms with Crippen LogP contribution in [0.25, 0.3) is 0 Å². The van der Waals surface area contributed by atoms with Crippen LogP contribution >= 0.6 is 0 Å². The van der Waals surface area contributed by atoms with Crippen molar-refractivity contribution in [3.05, 3.63) is 12.2 Å². The Balaban J connectivity index is 2.20. The first-order valence-electron chi connectivity index (χ1n) is 4.75. The van der Waals surface area contributed by atoms with Crippen molar-refractivity contribution in [3.63, 3.8) is 0 Å². The van der Waals surface area contributed by atoms with Gasteiger partial charge < -0.3 is 0 Å². The van der Waals surface area contributed by atoms with Gasteiger partial charge in [0, 0.05) is 0 Å². The fraction of sp³-hybridized carbons (Fsp3) is 0.818. The molecule has 3 atom stereocenters. The Kier molecular flexibility index (Phi) is 1.28. The van der Waals surface area contributed by atoms with Gasteiger partial charge in [0.25, 0.3) is 0 Å². The molecular formula is C11H18. The number of hydrogen-bond acceptors (Lipinski definition) is 0. The Labute approximate surface area is 69.7 Å². The second kappa shape index (κ2) is 1.91. The second-order valence-electron chi connectivity index (χ2n) is 4.82. The van der Waals surface area contributed by atoms with Crippen molar-refractivity contribution < 1.29 is 0 Å². The van der Waals surface area contributed by atoms with Crippen molar-refractivity contribution >= 4 is 0 Å². The van der Waals surface area contributed by atoms with Crippen LogP contribution in [0, 0.1) is 23.2 Å². The van der Waals surface area contributed by atoms with Crippen LogP contribution < -0.4 is 0 Å². The molecule has 0 bridgehead atoms. The van der Waals surface area contributed by atoms with Crippen molar-refractivity contribution in [2.45, 2.75) is 33.6 Å². The molecule has 0 aliphatic heterocycles. The highest BCUT2D eigenvalue weighted by Gasteiger charge is 2.62. The molecule has 0 heterocycles. The first kappa shape index (κ1) is 7.39. The van der Waals surface area contributed by atoms with Gasteiger partial charge in [-0.3, -0.25) is 0 Å². The lowest BCUT2D eigenvalue weighted by atomic mass is 9.89. The van der Waals surface area contributed by atoms with E-state index in [0.29, 0.717) is 5.41 Å². The molecule has 62 valence electrons. The van der Waals surface area contributed by atoms with E-state index in [-0.39, 0.29) is 0 Å². The maximum absolute atomic E-state index is 4.14. The Morgan fingerprint density at radius 2 is 2.18 bits per heavy atom. The van der Waals surface area contributed by atoms with Gasteiger partial charge in [0.15, 0.2) is 0 Å². The Bertz CT molecular complexity index is 202. The highest BCUT2D eigenvalue weighted by molar-refractivity contribution is 5.25. The van der Waals surface area contributed by atoms with Gasteiger partial charge in [0.05, 0.1) is 0 Å². The predicted molar refractivity (Wildman–Crippen MR) is 48.3 cm³/mol. The maximum Gasteiger partial charge on any atom is -0.0200 e. The zero-order valence-electron chi connectivity index (χ0n) is 7.85. The Morgan fingerprint density at radius 3 is 2.45 bits per heavy atom. The van der Waals surface area contributed by atoms with Crippen LogP contribution in [0.3, 0.4) is 0 Å². The third-order valence-electron chi connectivity index (χ3n) is 4.13. The molecule has 1 unspecified atom stereocenters. The largest absolute Gasteiger partial charge is 0.0996 e. The molecule has 0 N–H and O–H groups in total. The van der Waals surface area contributed by atoms with Crippen LogP contribution in [0.2, 0.25) is 0 Å². The number of allylic oxidation sites excluding steroid dienone is 1. The maximum atomic E-state index is 4.14. The summed E-state index contributed by atoms with van der Waals surface area (Å²) >= 11 is 0. The first-order chi connectivity index (χ1) is 5.08. The fourth-order valence-corrected chi connectivity index (χ4v) is 2.96. The summed E-state index contributed by atoms with van der Waals surface area (Å²) in [5.41, 5.74) is 2.21. The van der Waals surface area contributed by atoms with Crippen molar-refractivity contribution in [1.29, 1.82) is 0 Å². The van der Waals surface area contributed by atoms with Crippen LogP contribution in [-0.4, -0.2) is 0 Å². The predicted octanol–water partition coefficient (Wildman–Crippen LogP) is 3.24. The van der Waals surface area contributed by atoms with Crippen LogP contribution in [-0.2, 0) is 0 Å². The molecule has 2 aliphatic rings. The lowest BCUT2D eigenvalue weighted by molar-refractivity contribution is 0.347. The molecule has 0 heteroatoms. The van der Waals surface area contributed by atoms with Gasteiger partial charge in [-0.05, 0) is 36.0 Å². The minimum Gasteiger partial charge on any atom is -0.0996 e. The van der Waals surface area contributed by atoms with Gasteiger partial charge in [-0.2, -0.15) is 0 Å². The monoisotopic (exact) mass is 150 g/mol. The highest BCUT2D eigenvalue weighted by Crippen LogP contribution is 2.70. The van der Waals surface area contributed by atoms with E-state index >= 15 is 0 Å². The second-order valence-corrected chi connectivity index (χ2v) is 4.82. The molecule has 0 spiro atoms. The topological polar surface area (TPSA) is 0 Å². The van der Waals surface area contributed by atoms with E-state index in [1.165, 1.54) is 18.4 Å². The van der Waals surface area contributed by atoms with E-state index in [1.807, 2.05) is 0 Å². The molecule has 0 aromatic rings. The third-order valence-corrected chi connectivity index (χ3v) is 4.13. The summed E-state index contributed by atoms with van der Waals surface area (Å²) in [4.78, 5) is 0. The SMILES string of the molecule is C=C1C[C@]2(C(C)C)CC2[C@H]1C. The smallest absolute Gasteiger partial charge is 0.0200 e. The van der Waals surface area contributed by atoms with E-state index in [2.05, 4.69) is 27.4 Å². The standard InChI is InChI=1S/C11H18/c1-7(2)11-5-8(3)9(4)10(11)6-11/h7,9-10H,3,5-6H2,1-2,4H3/t9-,10?,11+/m0/s1. The minimum absolute atomic E-state index is 0.705. The molecule has 0 radical (unpaired) electrons. The molecule has 2 rings (SSSR count). The van der Waals surface area contributed by atoms with Crippen LogP contribution in [0.1, 0.15) is 33.6 Å². The van der Waals surface area contributed by atoms with Crippen molar-refractivity contribution in [3.8, 4) is 0 Å². The summed E-state index contributed by atoms with van der Waals surface area (Å²) < 4.78 is 0. The molecule has 0 amide bonds. The summed E-state index contributed by atoms with van der Waals surface area (Å²) in [7, 11) is 0. The average Bonchev–Trinajstić information content (AvgIpc) is 2.57. The van der Waals surface area contributed by atoms with E-state index < -0.39 is 0 Å². The van der Waals surface area contributed by atoms with Crippen molar-refractivity contribution in [2.24, 2.45) is 23.2 Å². The van der Waals surface area contributed by atoms with Gasteiger partial charge in [-0.1, -0.05) is 32.9 Å². The van der Waals surface area contributed by atoms with Gasteiger partial charge in [0.1, 0.15) is 0 Å². The zero-order chi connectivity index (χ0) is 8.22. The molecule has 0 aromatic heterocycles. The zero-order valence-corrected chi connectivity index (χ0v) is 7.85. The quantitative estimate of drug-likeness (QED) is 0.503. The summed E-state index contributed by atoms with van der Waals surface area (Å²) in [6.45, 7) is 11.2. The molecule has 0 nitrogen and oxygen atoms in total. The summed E-state index contributed by atoms with van der Waals surface area (Å²) in [5, 5.41) is 0. The number of fused-ring (bicyclic) bond motifs is 1. The van der Waals surface area contributed by atoms with Gasteiger partial charge in [-0.25, -0.2) is 0 Å². The van der Waals surface area contributed by atoms with Crippen LogP contribution in [0.4, 0.5) is 0 Å². The van der Waals surface area contributed by atoms with E-state index in [1.54, 1.807) is 0 Å². The lowest BCUT2D eigenvalue weighted by Gasteiger charge is -2.15. The summed E-state index contributed by atoms with van der Waals surface area (Å²) in [6, 6.07) is 0. The molecule has 0 saturated heterocycles. The normalized spacial score (nSPS) is 48.2. The van der Waals surface area contributed by atoms with Gasteiger partial charge in [-0.15, -0.1) is 0 Å². The van der Waals surface area contributed by atoms with Crippen LogP contribution in [0.15, 0.2) is 12.2 Å². The highest BCUT2D eigenvalue weighted by atomic mass is 14.7.